The number of carbonyl (C=O) groups excluding carboxylic acids is 1. The predicted octanol–water partition coefficient (Wildman–Crippen LogP) is 3.58. The predicted molar refractivity (Wildman–Crippen MR) is 67.9 cm³/mol. The van der Waals surface area contributed by atoms with Crippen LogP contribution in [0.2, 0.25) is 0 Å². The second-order valence-electron chi connectivity index (χ2n) is 6.75. The summed E-state index contributed by atoms with van der Waals surface area (Å²) in [6.45, 7) is 7.61. The van der Waals surface area contributed by atoms with Crippen molar-refractivity contribution in [2.24, 2.45) is 5.41 Å². The van der Waals surface area contributed by atoms with E-state index in [1.54, 1.807) is 0 Å². The third kappa shape index (κ3) is 3.14. The van der Waals surface area contributed by atoms with Gasteiger partial charge in [0, 0.05) is 18.5 Å². The van der Waals surface area contributed by atoms with Gasteiger partial charge in [-0.1, -0.05) is 25.7 Å². The first kappa shape index (κ1) is 12.7. The van der Waals surface area contributed by atoms with Crippen LogP contribution in [0.1, 0.15) is 59.3 Å². The molecule has 0 atom stereocenters. The molecular formula is C14H25NO2. The number of ether oxygens (including phenoxy) is 1. The van der Waals surface area contributed by atoms with Crippen LogP contribution in [0.4, 0.5) is 4.79 Å². The van der Waals surface area contributed by atoms with E-state index in [0.29, 0.717) is 5.41 Å². The Kier molecular flexibility index (Phi) is 3.37. The SMILES string of the molecule is CC(C)(C)OC(=O)N1CC2(CCCCCC2)C1. The zero-order chi connectivity index (χ0) is 12.5. The second kappa shape index (κ2) is 4.51. The number of hydrogen-bond donors (Lipinski definition) is 0. The molecule has 1 amide bonds. The van der Waals surface area contributed by atoms with E-state index in [2.05, 4.69) is 0 Å². The Bertz CT molecular complexity index is 277. The maximum absolute atomic E-state index is 11.9. The number of nitrogens with zero attached hydrogens (tertiary/aromatic N) is 1. The van der Waals surface area contributed by atoms with Gasteiger partial charge in [-0.25, -0.2) is 4.79 Å². The largest absolute Gasteiger partial charge is 0.444 e. The zero-order valence-corrected chi connectivity index (χ0v) is 11.4. The van der Waals surface area contributed by atoms with Crippen LogP contribution in [-0.2, 0) is 4.74 Å². The van der Waals surface area contributed by atoms with Crippen LogP contribution >= 0.6 is 0 Å². The summed E-state index contributed by atoms with van der Waals surface area (Å²) in [6.07, 6.45) is 7.87. The van der Waals surface area contributed by atoms with Gasteiger partial charge in [0.15, 0.2) is 0 Å². The molecule has 2 aliphatic rings. The summed E-state index contributed by atoms with van der Waals surface area (Å²) < 4.78 is 5.39. The summed E-state index contributed by atoms with van der Waals surface area (Å²) in [5.74, 6) is 0. The van der Waals surface area contributed by atoms with Gasteiger partial charge in [0.25, 0.3) is 0 Å². The Morgan fingerprint density at radius 3 is 2.06 bits per heavy atom. The van der Waals surface area contributed by atoms with Crippen LogP contribution in [0, 0.1) is 5.41 Å². The molecule has 0 radical (unpaired) electrons. The van der Waals surface area contributed by atoms with Crippen LogP contribution in [0.5, 0.6) is 0 Å². The van der Waals surface area contributed by atoms with Crippen LogP contribution in [-0.4, -0.2) is 29.7 Å². The minimum atomic E-state index is -0.372. The van der Waals surface area contributed by atoms with Crippen LogP contribution < -0.4 is 0 Å². The van der Waals surface area contributed by atoms with E-state index in [0.717, 1.165) is 13.1 Å². The van der Waals surface area contributed by atoms with Crippen molar-refractivity contribution in [2.45, 2.75) is 64.9 Å². The maximum Gasteiger partial charge on any atom is 0.410 e. The Hall–Kier alpha value is -0.730. The average molecular weight is 239 g/mol. The summed E-state index contributed by atoms with van der Waals surface area (Å²) in [6, 6.07) is 0. The highest BCUT2D eigenvalue weighted by molar-refractivity contribution is 5.69. The van der Waals surface area contributed by atoms with Crippen molar-refractivity contribution in [1.29, 1.82) is 0 Å². The van der Waals surface area contributed by atoms with Gasteiger partial charge in [-0.15, -0.1) is 0 Å². The van der Waals surface area contributed by atoms with Crippen LogP contribution in [0.15, 0.2) is 0 Å². The molecule has 1 heterocycles. The highest BCUT2D eigenvalue weighted by atomic mass is 16.6. The average Bonchev–Trinajstić information content (AvgIpc) is 2.36. The molecule has 1 saturated carbocycles. The molecule has 0 aromatic heterocycles. The number of carbonyl (C=O) groups is 1. The van der Waals surface area contributed by atoms with E-state index >= 15 is 0 Å². The van der Waals surface area contributed by atoms with Gasteiger partial charge in [0.2, 0.25) is 0 Å². The molecule has 1 aliphatic carbocycles. The molecular weight excluding hydrogens is 214 g/mol. The van der Waals surface area contributed by atoms with Crippen molar-refractivity contribution in [3.05, 3.63) is 0 Å². The number of rotatable bonds is 0. The van der Waals surface area contributed by atoms with Crippen molar-refractivity contribution in [2.75, 3.05) is 13.1 Å². The van der Waals surface area contributed by atoms with Crippen molar-refractivity contribution in [1.82, 2.24) is 4.90 Å². The van der Waals surface area contributed by atoms with Gasteiger partial charge < -0.3 is 9.64 Å². The number of likely N-dealkylation sites (tertiary alicyclic amines) is 1. The number of amides is 1. The molecule has 2 fully saturated rings. The molecule has 1 spiro atoms. The maximum atomic E-state index is 11.9. The fourth-order valence-electron chi connectivity index (χ4n) is 3.01. The minimum absolute atomic E-state index is 0.132. The van der Waals surface area contributed by atoms with E-state index < -0.39 is 0 Å². The normalized spacial score (nSPS) is 24.1. The van der Waals surface area contributed by atoms with Crippen molar-refractivity contribution >= 4 is 6.09 Å². The van der Waals surface area contributed by atoms with Gasteiger partial charge in [0.05, 0.1) is 0 Å². The molecule has 3 heteroatoms. The molecule has 1 saturated heterocycles. The highest BCUT2D eigenvalue weighted by Crippen LogP contribution is 2.43. The molecule has 3 nitrogen and oxygen atoms in total. The van der Waals surface area contributed by atoms with Crippen molar-refractivity contribution < 1.29 is 9.53 Å². The summed E-state index contributed by atoms with van der Waals surface area (Å²) in [4.78, 5) is 13.7. The van der Waals surface area contributed by atoms with Gasteiger partial charge in [-0.2, -0.15) is 0 Å². The lowest BCUT2D eigenvalue weighted by molar-refractivity contribution is -0.0401. The molecule has 0 N–H and O–H groups in total. The molecule has 17 heavy (non-hydrogen) atoms. The quantitative estimate of drug-likeness (QED) is 0.646. The molecule has 2 rings (SSSR count). The van der Waals surface area contributed by atoms with Gasteiger partial charge in [-0.3, -0.25) is 0 Å². The summed E-state index contributed by atoms with van der Waals surface area (Å²) >= 11 is 0. The second-order valence-corrected chi connectivity index (χ2v) is 6.75. The molecule has 0 aromatic rings. The van der Waals surface area contributed by atoms with E-state index in [4.69, 9.17) is 4.74 Å². The third-order valence-corrected chi connectivity index (χ3v) is 3.87. The molecule has 0 unspecified atom stereocenters. The smallest absolute Gasteiger partial charge is 0.410 e. The lowest BCUT2D eigenvalue weighted by Gasteiger charge is -2.50. The fraction of sp³-hybridized carbons (Fsp3) is 0.929. The summed E-state index contributed by atoms with van der Waals surface area (Å²) in [5.41, 5.74) is 0.0662. The third-order valence-electron chi connectivity index (χ3n) is 3.87. The Morgan fingerprint density at radius 2 is 1.59 bits per heavy atom. The van der Waals surface area contributed by atoms with Crippen LogP contribution in [0.3, 0.4) is 0 Å². The lowest BCUT2D eigenvalue weighted by atomic mass is 9.74. The fourth-order valence-corrected chi connectivity index (χ4v) is 3.01. The van der Waals surface area contributed by atoms with E-state index in [-0.39, 0.29) is 11.7 Å². The first-order valence-corrected chi connectivity index (χ1v) is 6.88. The van der Waals surface area contributed by atoms with Crippen molar-refractivity contribution in [3.8, 4) is 0 Å². The topological polar surface area (TPSA) is 29.5 Å². The van der Waals surface area contributed by atoms with E-state index in [1.807, 2.05) is 25.7 Å². The summed E-state index contributed by atoms with van der Waals surface area (Å²) in [7, 11) is 0. The van der Waals surface area contributed by atoms with Crippen LogP contribution in [0.25, 0.3) is 0 Å². The highest BCUT2D eigenvalue weighted by Gasteiger charge is 2.45. The summed E-state index contributed by atoms with van der Waals surface area (Å²) in [5, 5.41) is 0. The zero-order valence-electron chi connectivity index (χ0n) is 11.4. The number of hydrogen-bond acceptors (Lipinski definition) is 2. The molecule has 0 aromatic carbocycles. The minimum Gasteiger partial charge on any atom is -0.444 e. The Morgan fingerprint density at radius 1 is 1.06 bits per heavy atom. The molecule has 1 aliphatic heterocycles. The first-order chi connectivity index (χ1) is 7.90. The Balaban J connectivity index is 1.83. The monoisotopic (exact) mass is 239 g/mol. The lowest BCUT2D eigenvalue weighted by Crippen LogP contribution is -2.59. The van der Waals surface area contributed by atoms with Crippen molar-refractivity contribution in [3.63, 3.8) is 0 Å². The van der Waals surface area contributed by atoms with E-state index in [9.17, 15) is 4.79 Å². The van der Waals surface area contributed by atoms with E-state index in [1.165, 1.54) is 38.5 Å². The molecule has 98 valence electrons. The first-order valence-electron chi connectivity index (χ1n) is 6.88. The van der Waals surface area contributed by atoms with Gasteiger partial charge in [-0.05, 0) is 33.6 Å². The molecule has 0 bridgehead atoms. The van der Waals surface area contributed by atoms with Gasteiger partial charge in [0.1, 0.15) is 5.60 Å². The van der Waals surface area contributed by atoms with Gasteiger partial charge >= 0.3 is 6.09 Å². The Labute approximate surface area is 105 Å². The standard InChI is InChI=1S/C14H25NO2/c1-13(2,3)17-12(16)15-10-14(11-15)8-6-4-5-7-9-14/h4-11H2,1-3H3.